The number of thiophene rings is 1. The highest BCUT2D eigenvalue weighted by Crippen LogP contribution is 2.34. The molecule has 2 amide bonds. The summed E-state index contributed by atoms with van der Waals surface area (Å²) in [6, 6.07) is 9.79. The standard InChI is InChI=1S/C22H25FN2O4S/c1-28-13-11-24(12-14-29-2)20-19(18-4-3-15-30-18)21(26)25(22(20)27)10-9-16-5-7-17(23)8-6-16/h3-8,15H,9-14H2,1-2H3. The van der Waals surface area contributed by atoms with Crippen LogP contribution in [0.25, 0.3) is 5.57 Å². The van der Waals surface area contributed by atoms with E-state index >= 15 is 0 Å². The minimum atomic E-state index is -0.322. The summed E-state index contributed by atoms with van der Waals surface area (Å²) in [5, 5.41) is 1.88. The first-order chi connectivity index (χ1) is 14.6. The van der Waals surface area contributed by atoms with E-state index in [1.165, 1.54) is 28.4 Å². The van der Waals surface area contributed by atoms with Crippen molar-refractivity contribution in [2.45, 2.75) is 6.42 Å². The van der Waals surface area contributed by atoms with Gasteiger partial charge in [-0.05, 0) is 35.6 Å². The zero-order valence-electron chi connectivity index (χ0n) is 17.1. The third kappa shape index (κ3) is 4.95. The predicted octanol–water partition coefficient (Wildman–Crippen LogP) is 2.80. The summed E-state index contributed by atoms with van der Waals surface area (Å²) in [5.74, 6) is -0.944. The molecule has 0 aliphatic carbocycles. The van der Waals surface area contributed by atoms with Gasteiger partial charge in [0.25, 0.3) is 11.8 Å². The van der Waals surface area contributed by atoms with Crippen molar-refractivity contribution in [3.8, 4) is 0 Å². The van der Waals surface area contributed by atoms with E-state index in [1.54, 1.807) is 26.4 Å². The third-order valence-corrected chi connectivity index (χ3v) is 5.78. The maximum absolute atomic E-state index is 13.3. The molecule has 1 aliphatic rings. The Balaban J connectivity index is 1.88. The summed E-state index contributed by atoms with van der Waals surface area (Å²) >= 11 is 1.42. The number of amides is 2. The second-order valence-electron chi connectivity index (χ2n) is 6.81. The molecule has 0 saturated heterocycles. The largest absolute Gasteiger partial charge is 0.383 e. The van der Waals surface area contributed by atoms with E-state index in [1.807, 2.05) is 22.4 Å². The van der Waals surface area contributed by atoms with Crippen molar-refractivity contribution in [2.75, 3.05) is 47.1 Å². The van der Waals surface area contributed by atoms with Crippen molar-refractivity contribution >= 4 is 28.7 Å². The topological polar surface area (TPSA) is 59.1 Å². The summed E-state index contributed by atoms with van der Waals surface area (Å²) in [4.78, 5) is 30.5. The van der Waals surface area contributed by atoms with E-state index < -0.39 is 0 Å². The predicted molar refractivity (Wildman–Crippen MR) is 113 cm³/mol. The molecule has 6 nitrogen and oxygen atoms in total. The maximum atomic E-state index is 13.3. The van der Waals surface area contributed by atoms with E-state index in [-0.39, 0.29) is 24.2 Å². The maximum Gasteiger partial charge on any atom is 0.277 e. The van der Waals surface area contributed by atoms with Crippen LogP contribution in [0.15, 0.2) is 47.5 Å². The Kier molecular flexibility index (Phi) is 7.73. The molecule has 0 fully saturated rings. The van der Waals surface area contributed by atoms with Crippen LogP contribution in [-0.2, 0) is 25.5 Å². The van der Waals surface area contributed by atoms with Gasteiger partial charge in [0.05, 0.1) is 18.8 Å². The van der Waals surface area contributed by atoms with E-state index in [0.29, 0.717) is 44.0 Å². The van der Waals surface area contributed by atoms with Crippen LogP contribution in [0, 0.1) is 5.82 Å². The molecule has 0 atom stereocenters. The number of methoxy groups -OCH3 is 2. The SMILES string of the molecule is COCCN(CCOC)C1=C(c2cccs2)C(=O)N(CCc2ccc(F)cc2)C1=O. The number of nitrogens with zero attached hydrogens (tertiary/aromatic N) is 2. The van der Waals surface area contributed by atoms with Gasteiger partial charge in [-0.25, -0.2) is 4.39 Å². The molecule has 2 aromatic rings. The summed E-state index contributed by atoms with van der Waals surface area (Å²) < 4.78 is 23.6. The number of carbonyl (C=O) groups is 2. The Morgan fingerprint density at radius 2 is 1.67 bits per heavy atom. The minimum absolute atomic E-state index is 0.226. The molecule has 0 bridgehead atoms. The van der Waals surface area contributed by atoms with Crippen molar-refractivity contribution in [1.82, 2.24) is 9.80 Å². The molecule has 30 heavy (non-hydrogen) atoms. The number of carbonyl (C=O) groups excluding carboxylic acids is 2. The molecule has 1 aliphatic heterocycles. The molecule has 0 N–H and O–H groups in total. The van der Waals surface area contributed by atoms with Gasteiger partial charge in [-0.1, -0.05) is 18.2 Å². The first-order valence-corrected chi connectivity index (χ1v) is 10.6. The number of ether oxygens (including phenoxy) is 2. The smallest absolute Gasteiger partial charge is 0.277 e. The Bertz CT molecular complexity index is 888. The van der Waals surface area contributed by atoms with Gasteiger partial charge in [0.2, 0.25) is 0 Å². The average molecular weight is 433 g/mol. The molecular weight excluding hydrogens is 407 g/mol. The summed E-state index contributed by atoms with van der Waals surface area (Å²) in [6.07, 6.45) is 0.457. The Morgan fingerprint density at radius 1 is 1.00 bits per heavy atom. The van der Waals surface area contributed by atoms with Crippen molar-refractivity contribution in [2.24, 2.45) is 0 Å². The number of benzene rings is 1. The first kappa shape index (κ1) is 22.1. The van der Waals surface area contributed by atoms with Crippen LogP contribution < -0.4 is 0 Å². The van der Waals surface area contributed by atoms with E-state index in [0.717, 1.165) is 10.4 Å². The fraction of sp³-hybridized carbons (Fsp3) is 0.364. The van der Waals surface area contributed by atoms with Crippen molar-refractivity contribution in [1.29, 1.82) is 0 Å². The van der Waals surface area contributed by atoms with Crippen LogP contribution in [-0.4, -0.2) is 68.7 Å². The molecule has 1 aromatic carbocycles. The lowest BCUT2D eigenvalue weighted by Crippen LogP contribution is -2.38. The molecule has 0 saturated carbocycles. The van der Waals surface area contributed by atoms with E-state index in [9.17, 15) is 14.0 Å². The average Bonchev–Trinajstić information content (AvgIpc) is 3.35. The first-order valence-electron chi connectivity index (χ1n) is 9.68. The van der Waals surface area contributed by atoms with E-state index in [4.69, 9.17) is 9.47 Å². The second kappa shape index (κ2) is 10.5. The summed E-state index contributed by atoms with van der Waals surface area (Å²) in [5.41, 5.74) is 1.66. The fourth-order valence-electron chi connectivity index (χ4n) is 3.33. The fourth-order valence-corrected chi connectivity index (χ4v) is 4.10. The molecule has 1 aromatic heterocycles. The molecule has 0 unspecified atom stereocenters. The van der Waals surface area contributed by atoms with Gasteiger partial charge >= 0.3 is 0 Å². The van der Waals surface area contributed by atoms with Gasteiger partial charge in [0, 0.05) is 38.7 Å². The highest BCUT2D eigenvalue weighted by atomic mass is 32.1. The summed E-state index contributed by atoms with van der Waals surface area (Å²) in [6.45, 7) is 2.00. The quantitative estimate of drug-likeness (QED) is 0.511. The molecule has 0 spiro atoms. The molecule has 8 heteroatoms. The third-order valence-electron chi connectivity index (χ3n) is 4.90. The molecule has 2 heterocycles. The minimum Gasteiger partial charge on any atom is -0.383 e. The number of imide groups is 1. The zero-order chi connectivity index (χ0) is 21.5. The lowest BCUT2D eigenvalue weighted by molar-refractivity contribution is -0.137. The van der Waals surface area contributed by atoms with Crippen molar-refractivity contribution in [3.05, 3.63) is 63.7 Å². The van der Waals surface area contributed by atoms with Gasteiger partial charge in [0.1, 0.15) is 11.5 Å². The molecular formula is C22H25FN2O4S. The lowest BCUT2D eigenvalue weighted by Gasteiger charge is -2.25. The van der Waals surface area contributed by atoms with Gasteiger partial charge in [-0.3, -0.25) is 14.5 Å². The molecule has 160 valence electrons. The zero-order valence-corrected chi connectivity index (χ0v) is 17.9. The van der Waals surface area contributed by atoms with Gasteiger partial charge in [0.15, 0.2) is 0 Å². The van der Waals surface area contributed by atoms with Gasteiger partial charge in [-0.2, -0.15) is 0 Å². The van der Waals surface area contributed by atoms with Gasteiger partial charge < -0.3 is 14.4 Å². The van der Waals surface area contributed by atoms with Crippen LogP contribution in [0.4, 0.5) is 4.39 Å². The number of halogens is 1. The van der Waals surface area contributed by atoms with Crippen LogP contribution in [0.1, 0.15) is 10.4 Å². The summed E-state index contributed by atoms with van der Waals surface area (Å²) in [7, 11) is 3.19. The van der Waals surface area contributed by atoms with E-state index in [2.05, 4.69) is 0 Å². The van der Waals surface area contributed by atoms with Crippen LogP contribution in [0.3, 0.4) is 0 Å². The number of hydrogen-bond donors (Lipinski definition) is 0. The lowest BCUT2D eigenvalue weighted by atomic mass is 10.1. The number of hydrogen-bond acceptors (Lipinski definition) is 6. The Labute approximate surface area is 179 Å². The molecule has 0 radical (unpaired) electrons. The highest BCUT2D eigenvalue weighted by molar-refractivity contribution is 7.11. The molecule has 3 rings (SSSR count). The monoisotopic (exact) mass is 432 g/mol. The normalized spacial score (nSPS) is 14.2. The second-order valence-corrected chi connectivity index (χ2v) is 7.76. The number of rotatable bonds is 11. The Morgan fingerprint density at radius 3 is 2.23 bits per heavy atom. The van der Waals surface area contributed by atoms with Crippen molar-refractivity contribution < 1.29 is 23.5 Å². The van der Waals surface area contributed by atoms with Gasteiger partial charge in [-0.15, -0.1) is 11.3 Å². The van der Waals surface area contributed by atoms with Crippen LogP contribution >= 0.6 is 11.3 Å². The van der Waals surface area contributed by atoms with Crippen LogP contribution in [0.5, 0.6) is 0 Å². The highest BCUT2D eigenvalue weighted by Gasteiger charge is 2.41. The van der Waals surface area contributed by atoms with Crippen LogP contribution in [0.2, 0.25) is 0 Å². The van der Waals surface area contributed by atoms with Crippen molar-refractivity contribution in [3.63, 3.8) is 0 Å². The Hall–Kier alpha value is -2.55.